The Morgan fingerprint density at radius 3 is 3.07 bits per heavy atom. The van der Waals surface area contributed by atoms with Crippen molar-refractivity contribution < 1.29 is 4.74 Å². The number of aromatic nitrogens is 1. The van der Waals surface area contributed by atoms with E-state index >= 15 is 0 Å². The van der Waals surface area contributed by atoms with Gasteiger partial charge in [0.2, 0.25) is 0 Å². The van der Waals surface area contributed by atoms with Crippen molar-refractivity contribution >= 4 is 33.2 Å². The molecule has 0 unspecified atom stereocenters. The maximum absolute atomic E-state index is 5.48. The summed E-state index contributed by atoms with van der Waals surface area (Å²) in [6, 6.07) is 1.93. The first kappa shape index (κ1) is 12.7. The molecule has 15 heavy (non-hydrogen) atoms. The van der Waals surface area contributed by atoms with Gasteiger partial charge in [-0.1, -0.05) is 0 Å². The van der Waals surface area contributed by atoms with E-state index in [4.69, 9.17) is 16.3 Å². The molecule has 1 aromatic heterocycles. The molecule has 0 saturated heterocycles. The summed E-state index contributed by atoms with van der Waals surface area (Å²) in [6.45, 7) is 2.24. The molecule has 1 aromatic rings. The second-order valence-corrected chi connectivity index (χ2v) is 4.17. The van der Waals surface area contributed by atoms with Gasteiger partial charge in [-0.25, -0.2) is 0 Å². The van der Waals surface area contributed by atoms with Crippen molar-refractivity contribution in [1.82, 2.24) is 4.98 Å². The Morgan fingerprint density at radius 1 is 1.47 bits per heavy atom. The zero-order valence-electron chi connectivity index (χ0n) is 8.38. The van der Waals surface area contributed by atoms with Crippen molar-refractivity contribution in [2.75, 3.05) is 31.0 Å². The van der Waals surface area contributed by atoms with E-state index in [1.54, 1.807) is 12.4 Å². The molecule has 0 aliphatic carbocycles. The Bertz CT molecular complexity index is 286. The minimum atomic E-state index is 0.559. The van der Waals surface area contributed by atoms with Crippen molar-refractivity contribution in [1.29, 1.82) is 0 Å². The van der Waals surface area contributed by atoms with E-state index in [9.17, 15) is 0 Å². The van der Waals surface area contributed by atoms with Crippen LogP contribution in [-0.4, -0.2) is 30.6 Å². The Morgan fingerprint density at radius 2 is 2.33 bits per heavy atom. The molecule has 0 saturated carbocycles. The summed E-state index contributed by atoms with van der Waals surface area (Å²) >= 11 is 8.89. The fourth-order valence-electron chi connectivity index (χ4n) is 1.07. The van der Waals surface area contributed by atoms with E-state index in [1.807, 2.05) is 6.07 Å². The Balaban J connectivity index is 2.12. The molecule has 0 spiro atoms. The van der Waals surface area contributed by atoms with Gasteiger partial charge < -0.3 is 10.1 Å². The zero-order chi connectivity index (χ0) is 10.9. The maximum atomic E-state index is 5.48. The Kier molecular flexibility index (Phi) is 6.72. The second-order valence-electron chi connectivity index (χ2n) is 2.94. The maximum Gasteiger partial charge on any atom is 0.0601 e. The van der Waals surface area contributed by atoms with Gasteiger partial charge in [0.1, 0.15) is 0 Å². The lowest BCUT2D eigenvalue weighted by atomic mass is 10.4. The summed E-state index contributed by atoms with van der Waals surface area (Å²) < 4.78 is 6.23. The summed E-state index contributed by atoms with van der Waals surface area (Å²) in [5, 5.41) is 3.29. The number of rotatable bonds is 7. The molecule has 3 nitrogen and oxygen atoms in total. The molecular formula is C10H14BrClN2O. The van der Waals surface area contributed by atoms with Gasteiger partial charge in [-0.2, -0.15) is 0 Å². The van der Waals surface area contributed by atoms with Gasteiger partial charge in [0.25, 0.3) is 0 Å². The molecule has 0 aromatic carbocycles. The third kappa shape index (κ3) is 5.35. The molecule has 0 bridgehead atoms. The standard InChI is InChI=1S/C10H14BrClN2O/c11-9-8-13-5-2-10(9)14-4-1-6-15-7-3-12/h2,5,8H,1,3-4,6-7H2,(H,13,14). The quantitative estimate of drug-likeness (QED) is 0.620. The number of hydrogen-bond acceptors (Lipinski definition) is 3. The van der Waals surface area contributed by atoms with Crippen LogP contribution in [0.2, 0.25) is 0 Å². The average Bonchev–Trinajstić information content (AvgIpc) is 2.25. The predicted octanol–water partition coefficient (Wildman–Crippen LogP) is 2.90. The van der Waals surface area contributed by atoms with Crippen molar-refractivity contribution in [2.45, 2.75) is 6.42 Å². The van der Waals surface area contributed by atoms with Gasteiger partial charge in [0, 0.05) is 31.4 Å². The van der Waals surface area contributed by atoms with Gasteiger partial charge in [-0.05, 0) is 28.4 Å². The third-order valence-corrected chi connectivity index (χ3v) is 2.56. The van der Waals surface area contributed by atoms with Crippen LogP contribution >= 0.6 is 27.5 Å². The van der Waals surface area contributed by atoms with E-state index in [1.165, 1.54) is 0 Å². The molecule has 0 atom stereocenters. The average molecular weight is 294 g/mol. The van der Waals surface area contributed by atoms with E-state index < -0.39 is 0 Å². The first-order valence-electron chi connectivity index (χ1n) is 4.81. The van der Waals surface area contributed by atoms with Crippen LogP contribution in [0.5, 0.6) is 0 Å². The molecule has 1 rings (SSSR count). The molecule has 0 aliphatic heterocycles. The monoisotopic (exact) mass is 292 g/mol. The number of nitrogens with one attached hydrogen (secondary N) is 1. The predicted molar refractivity (Wildman–Crippen MR) is 66.6 cm³/mol. The molecule has 0 radical (unpaired) electrons. The van der Waals surface area contributed by atoms with Crippen LogP contribution in [-0.2, 0) is 4.74 Å². The van der Waals surface area contributed by atoms with Crippen LogP contribution in [0.4, 0.5) is 5.69 Å². The zero-order valence-corrected chi connectivity index (χ0v) is 10.7. The van der Waals surface area contributed by atoms with Crippen molar-refractivity contribution in [3.05, 3.63) is 22.9 Å². The SMILES string of the molecule is ClCCOCCCNc1ccncc1Br. The fourth-order valence-corrected chi connectivity index (χ4v) is 1.57. The Labute approximate surface area is 103 Å². The highest BCUT2D eigenvalue weighted by molar-refractivity contribution is 9.10. The smallest absolute Gasteiger partial charge is 0.0601 e. The molecule has 0 aliphatic rings. The first-order chi connectivity index (χ1) is 7.34. The highest BCUT2D eigenvalue weighted by Gasteiger charge is 1.96. The number of nitrogens with zero attached hydrogens (tertiary/aromatic N) is 1. The van der Waals surface area contributed by atoms with Crippen LogP contribution in [0.3, 0.4) is 0 Å². The van der Waals surface area contributed by atoms with Crippen LogP contribution in [0.15, 0.2) is 22.9 Å². The van der Waals surface area contributed by atoms with Crippen LogP contribution < -0.4 is 5.32 Å². The largest absolute Gasteiger partial charge is 0.384 e. The highest BCUT2D eigenvalue weighted by atomic mass is 79.9. The summed E-state index contributed by atoms with van der Waals surface area (Å²) in [4.78, 5) is 3.99. The molecule has 5 heteroatoms. The van der Waals surface area contributed by atoms with Crippen molar-refractivity contribution in [2.24, 2.45) is 0 Å². The van der Waals surface area contributed by atoms with E-state index in [0.29, 0.717) is 12.5 Å². The minimum Gasteiger partial charge on any atom is -0.384 e. The molecule has 1 N–H and O–H groups in total. The van der Waals surface area contributed by atoms with Gasteiger partial charge in [-0.3, -0.25) is 4.98 Å². The van der Waals surface area contributed by atoms with E-state index in [2.05, 4.69) is 26.2 Å². The van der Waals surface area contributed by atoms with Gasteiger partial charge in [-0.15, -0.1) is 11.6 Å². The number of anilines is 1. The number of alkyl halides is 1. The highest BCUT2D eigenvalue weighted by Crippen LogP contribution is 2.19. The number of ether oxygens (including phenoxy) is 1. The number of halogens is 2. The fraction of sp³-hybridized carbons (Fsp3) is 0.500. The number of hydrogen-bond donors (Lipinski definition) is 1. The lowest BCUT2D eigenvalue weighted by Crippen LogP contribution is -2.07. The van der Waals surface area contributed by atoms with Crippen LogP contribution in [0.1, 0.15) is 6.42 Å². The lowest BCUT2D eigenvalue weighted by molar-refractivity contribution is 0.149. The van der Waals surface area contributed by atoms with E-state index in [-0.39, 0.29) is 0 Å². The topological polar surface area (TPSA) is 34.1 Å². The number of pyridine rings is 1. The lowest BCUT2D eigenvalue weighted by Gasteiger charge is -2.07. The van der Waals surface area contributed by atoms with Crippen LogP contribution in [0.25, 0.3) is 0 Å². The summed E-state index contributed by atoms with van der Waals surface area (Å²) in [5.74, 6) is 0.559. The van der Waals surface area contributed by atoms with Crippen molar-refractivity contribution in [3.63, 3.8) is 0 Å². The molecule has 0 fully saturated rings. The third-order valence-electron chi connectivity index (χ3n) is 1.77. The molecular weight excluding hydrogens is 279 g/mol. The molecule has 84 valence electrons. The molecule has 0 amide bonds. The first-order valence-corrected chi connectivity index (χ1v) is 6.14. The van der Waals surface area contributed by atoms with Crippen LogP contribution in [0, 0.1) is 0 Å². The van der Waals surface area contributed by atoms with E-state index in [0.717, 1.165) is 29.7 Å². The minimum absolute atomic E-state index is 0.559. The van der Waals surface area contributed by atoms with Gasteiger partial charge in [0.15, 0.2) is 0 Å². The summed E-state index contributed by atoms with van der Waals surface area (Å²) in [5.41, 5.74) is 1.06. The summed E-state index contributed by atoms with van der Waals surface area (Å²) in [7, 11) is 0. The summed E-state index contributed by atoms with van der Waals surface area (Å²) in [6.07, 6.45) is 4.50. The van der Waals surface area contributed by atoms with Gasteiger partial charge >= 0.3 is 0 Å². The second kappa shape index (κ2) is 7.91. The molecule has 1 heterocycles. The normalized spacial score (nSPS) is 10.3. The van der Waals surface area contributed by atoms with Crippen molar-refractivity contribution in [3.8, 4) is 0 Å². The van der Waals surface area contributed by atoms with Gasteiger partial charge in [0.05, 0.1) is 16.8 Å². The Hall–Kier alpha value is -0.320.